The van der Waals surface area contributed by atoms with E-state index in [1.165, 1.54) is 32.4 Å². The number of hydrogen-bond donors (Lipinski definition) is 0. The topological polar surface area (TPSA) is 20.6 Å². The van der Waals surface area contributed by atoms with Gasteiger partial charge >= 0.3 is 0 Å². The highest BCUT2D eigenvalue weighted by atomic mass is 15.4. The second-order valence-electron chi connectivity index (χ2n) is 5.59. The van der Waals surface area contributed by atoms with Crippen LogP contribution in [0.25, 0.3) is 0 Å². The Morgan fingerprint density at radius 3 is 2.60 bits per heavy atom. The fourth-order valence-corrected chi connectivity index (χ4v) is 2.60. The second-order valence-corrected chi connectivity index (χ2v) is 5.59. The lowest BCUT2D eigenvalue weighted by Gasteiger charge is -2.48. The van der Waals surface area contributed by atoms with Crippen LogP contribution in [-0.4, -0.2) is 54.7 Å². The van der Waals surface area contributed by atoms with Crippen LogP contribution in [0.5, 0.6) is 0 Å². The summed E-state index contributed by atoms with van der Waals surface area (Å²) < 4.78 is 0. The standard InChI is InChI=1S/C12H24N3/c1-12(2)10-15(9-8-14(12)3)11-6-4-5-7-13-11/h11H,4-10H2,1-3H3. The van der Waals surface area contributed by atoms with E-state index in [1.807, 2.05) is 0 Å². The van der Waals surface area contributed by atoms with Gasteiger partial charge in [-0.1, -0.05) is 0 Å². The summed E-state index contributed by atoms with van der Waals surface area (Å²) in [4.78, 5) is 5.05. The van der Waals surface area contributed by atoms with Crippen molar-refractivity contribution in [1.29, 1.82) is 0 Å². The Morgan fingerprint density at radius 2 is 2.00 bits per heavy atom. The summed E-state index contributed by atoms with van der Waals surface area (Å²) in [5, 5.41) is 4.75. The average Bonchev–Trinajstić information content (AvgIpc) is 2.23. The Labute approximate surface area is 93.8 Å². The predicted octanol–water partition coefficient (Wildman–Crippen LogP) is 1.13. The molecule has 2 rings (SSSR count). The minimum atomic E-state index is 0.311. The molecule has 3 heteroatoms. The molecule has 2 saturated heterocycles. The van der Waals surface area contributed by atoms with Crippen LogP contribution in [0.3, 0.4) is 0 Å². The lowest BCUT2D eigenvalue weighted by Crippen LogP contribution is -2.61. The Hall–Kier alpha value is -0.120. The lowest BCUT2D eigenvalue weighted by atomic mass is 9.98. The van der Waals surface area contributed by atoms with Crippen molar-refractivity contribution in [3.63, 3.8) is 0 Å². The summed E-state index contributed by atoms with van der Waals surface area (Å²) in [5.41, 5.74) is 0.311. The highest BCUT2D eigenvalue weighted by Crippen LogP contribution is 2.22. The smallest absolute Gasteiger partial charge is 0.0761 e. The number of rotatable bonds is 1. The number of piperazine rings is 1. The molecule has 3 nitrogen and oxygen atoms in total. The van der Waals surface area contributed by atoms with Gasteiger partial charge in [0.2, 0.25) is 0 Å². The molecule has 0 saturated carbocycles. The van der Waals surface area contributed by atoms with E-state index in [0.29, 0.717) is 11.7 Å². The molecule has 1 unspecified atom stereocenters. The Balaban J connectivity index is 1.93. The minimum absolute atomic E-state index is 0.311. The molecule has 0 spiro atoms. The van der Waals surface area contributed by atoms with Crippen LogP contribution in [0.2, 0.25) is 0 Å². The number of piperidine rings is 1. The summed E-state index contributed by atoms with van der Waals surface area (Å²) in [5.74, 6) is 0. The summed E-state index contributed by atoms with van der Waals surface area (Å²) in [6.07, 6.45) is 4.46. The third kappa shape index (κ3) is 2.52. The summed E-state index contributed by atoms with van der Waals surface area (Å²) >= 11 is 0. The first-order valence-electron chi connectivity index (χ1n) is 6.21. The molecule has 2 aliphatic heterocycles. The molecule has 0 aliphatic carbocycles. The van der Waals surface area contributed by atoms with Gasteiger partial charge in [0.05, 0.1) is 6.17 Å². The van der Waals surface area contributed by atoms with Crippen LogP contribution in [0, 0.1) is 0 Å². The molecular formula is C12H24N3. The summed E-state index contributed by atoms with van der Waals surface area (Å²) in [6.45, 7) is 9.28. The van der Waals surface area contributed by atoms with E-state index in [-0.39, 0.29) is 0 Å². The van der Waals surface area contributed by atoms with Crippen molar-refractivity contribution in [2.45, 2.75) is 44.8 Å². The van der Waals surface area contributed by atoms with Crippen molar-refractivity contribution in [2.75, 3.05) is 33.2 Å². The molecule has 0 aromatic rings. The SMILES string of the molecule is CN1CCN(C2CCCC[N]2)CC1(C)C. The van der Waals surface area contributed by atoms with Crippen LogP contribution in [-0.2, 0) is 0 Å². The Bertz CT molecular complexity index is 209. The zero-order valence-corrected chi connectivity index (χ0v) is 10.4. The van der Waals surface area contributed by atoms with Crippen molar-refractivity contribution in [3.05, 3.63) is 0 Å². The maximum absolute atomic E-state index is 4.75. The van der Waals surface area contributed by atoms with Gasteiger partial charge in [-0.3, -0.25) is 9.80 Å². The van der Waals surface area contributed by atoms with Gasteiger partial charge in [-0.2, -0.15) is 0 Å². The van der Waals surface area contributed by atoms with Gasteiger partial charge in [0.25, 0.3) is 0 Å². The molecule has 0 aromatic heterocycles. The van der Waals surface area contributed by atoms with E-state index in [2.05, 4.69) is 30.7 Å². The average molecular weight is 210 g/mol. The van der Waals surface area contributed by atoms with Gasteiger partial charge < -0.3 is 0 Å². The number of likely N-dealkylation sites (N-methyl/N-ethyl adjacent to an activating group) is 1. The molecule has 2 heterocycles. The molecule has 2 aliphatic rings. The van der Waals surface area contributed by atoms with Crippen molar-refractivity contribution in [2.24, 2.45) is 0 Å². The van der Waals surface area contributed by atoms with E-state index in [0.717, 1.165) is 13.1 Å². The number of nitrogens with zero attached hydrogens (tertiary/aromatic N) is 3. The largest absolute Gasteiger partial charge is 0.299 e. The molecule has 1 atom stereocenters. The molecule has 0 bridgehead atoms. The van der Waals surface area contributed by atoms with Crippen LogP contribution >= 0.6 is 0 Å². The third-order valence-corrected chi connectivity index (χ3v) is 3.98. The molecule has 15 heavy (non-hydrogen) atoms. The van der Waals surface area contributed by atoms with Crippen molar-refractivity contribution < 1.29 is 0 Å². The van der Waals surface area contributed by atoms with Gasteiger partial charge in [0.15, 0.2) is 0 Å². The first kappa shape index (κ1) is 11.4. The van der Waals surface area contributed by atoms with Crippen LogP contribution < -0.4 is 5.32 Å². The summed E-state index contributed by atoms with van der Waals surface area (Å²) in [6, 6.07) is 0. The van der Waals surface area contributed by atoms with Gasteiger partial charge in [0.1, 0.15) is 0 Å². The van der Waals surface area contributed by atoms with E-state index < -0.39 is 0 Å². The van der Waals surface area contributed by atoms with Crippen molar-refractivity contribution in [1.82, 2.24) is 15.1 Å². The molecule has 0 N–H and O–H groups in total. The Kier molecular flexibility index (Phi) is 3.33. The van der Waals surface area contributed by atoms with Gasteiger partial charge in [-0.15, -0.1) is 0 Å². The van der Waals surface area contributed by atoms with Crippen molar-refractivity contribution in [3.8, 4) is 0 Å². The van der Waals surface area contributed by atoms with E-state index in [1.54, 1.807) is 0 Å². The van der Waals surface area contributed by atoms with E-state index >= 15 is 0 Å². The zero-order valence-electron chi connectivity index (χ0n) is 10.4. The minimum Gasteiger partial charge on any atom is -0.299 e. The maximum atomic E-state index is 4.75. The van der Waals surface area contributed by atoms with Crippen LogP contribution in [0.1, 0.15) is 33.1 Å². The first-order chi connectivity index (χ1) is 7.09. The third-order valence-electron chi connectivity index (χ3n) is 3.98. The lowest BCUT2D eigenvalue weighted by molar-refractivity contribution is 0.000253. The van der Waals surface area contributed by atoms with Gasteiger partial charge in [0, 0.05) is 31.7 Å². The van der Waals surface area contributed by atoms with Crippen LogP contribution in [0.15, 0.2) is 0 Å². The molecular weight excluding hydrogens is 186 g/mol. The van der Waals surface area contributed by atoms with E-state index in [9.17, 15) is 0 Å². The Morgan fingerprint density at radius 1 is 1.20 bits per heavy atom. The molecule has 1 radical (unpaired) electrons. The number of hydrogen-bond acceptors (Lipinski definition) is 2. The highest BCUT2D eigenvalue weighted by molar-refractivity contribution is 4.90. The summed E-state index contributed by atoms with van der Waals surface area (Å²) in [7, 11) is 2.23. The van der Waals surface area contributed by atoms with Gasteiger partial charge in [-0.05, 0) is 40.2 Å². The first-order valence-corrected chi connectivity index (χ1v) is 6.21. The zero-order chi connectivity index (χ0) is 10.9. The van der Waals surface area contributed by atoms with Crippen molar-refractivity contribution >= 4 is 0 Å². The highest BCUT2D eigenvalue weighted by Gasteiger charge is 2.34. The van der Waals surface area contributed by atoms with Gasteiger partial charge in [-0.25, -0.2) is 5.32 Å². The monoisotopic (exact) mass is 210 g/mol. The molecule has 87 valence electrons. The predicted molar refractivity (Wildman–Crippen MR) is 62.9 cm³/mol. The second kappa shape index (κ2) is 4.40. The molecule has 2 fully saturated rings. The molecule has 0 aromatic carbocycles. The fraction of sp³-hybridized carbons (Fsp3) is 1.00. The maximum Gasteiger partial charge on any atom is 0.0761 e. The van der Waals surface area contributed by atoms with Crippen LogP contribution in [0.4, 0.5) is 0 Å². The normalized spacial score (nSPS) is 34.2. The fourth-order valence-electron chi connectivity index (χ4n) is 2.60. The quantitative estimate of drug-likeness (QED) is 0.647. The molecule has 0 amide bonds. The van der Waals surface area contributed by atoms with E-state index in [4.69, 9.17) is 5.32 Å².